The van der Waals surface area contributed by atoms with Crippen LogP contribution in [0.4, 0.5) is 10.8 Å². The maximum absolute atomic E-state index is 12.2. The van der Waals surface area contributed by atoms with E-state index in [0.717, 1.165) is 11.3 Å². The van der Waals surface area contributed by atoms with Crippen molar-refractivity contribution >= 4 is 40.0 Å². The van der Waals surface area contributed by atoms with E-state index in [0.29, 0.717) is 29.5 Å². The Morgan fingerprint density at radius 1 is 1.35 bits per heavy atom. The van der Waals surface area contributed by atoms with Crippen molar-refractivity contribution in [2.45, 2.75) is 13.3 Å². The fourth-order valence-electron chi connectivity index (χ4n) is 2.20. The number of carboxylic acid groups (broad SMARTS) is 1. The highest BCUT2D eigenvalue weighted by Gasteiger charge is 2.15. The fourth-order valence-corrected chi connectivity index (χ4v) is 3.05. The number of esters is 1. The van der Waals surface area contributed by atoms with E-state index in [1.807, 2.05) is 11.8 Å². The van der Waals surface area contributed by atoms with Crippen LogP contribution in [0.15, 0.2) is 30.5 Å². The lowest BCUT2D eigenvalue weighted by atomic mass is 10.2. The molecular weight excluding hydrogens is 358 g/mol. The molecule has 1 aromatic heterocycles. The van der Waals surface area contributed by atoms with Crippen LogP contribution in [0.2, 0.25) is 0 Å². The molecule has 0 bridgehead atoms. The van der Waals surface area contributed by atoms with Crippen LogP contribution in [0.5, 0.6) is 0 Å². The van der Waals surface area contributed by atoms with Gasteiger partial charge in [-0.3, -0.25) is 4.79 Å². The number of methoxy groups -OCH3 is 1. The molecule has 26 heavy (non-hydrogen) atoms. The smallest absolute Gasteiger partial charge is 0.347 e. The zero-order chi connectivity index (χ0) is 19.1. The summed E-state index contributed by atoms with van der Waals surface area (Å²) in [7, 11) is 1.29. The third kappa shape index (κ3) is 5.03. The highest BCUT2D eigenvalue weighted by atomic mass is 32.1. The molecule has 8 nitrogen and oxygen atoms in total. The molecule has 0 spiro atoms. The van der Waals surface area contributed by atoms with Crippen LogP contribution < -0.4 is 10.2 Å². The zero-order valence-corrected chi connectivity index (χ0v) is 15.2. The van der Waals surface area contributed by atoms with Crippen molar-refractivity contribution in [2.24, 2.45) is 0 Å². The second-order valence-electron chi connectivity index (χ2n) is 5.26. The Hall–Kier alpha value is -2.94. The highest BCUT2D eigenvalue weighted by molar-refractivity contribution is 7.17. The molecule has 1 heterocycles. The summed E-state index contributed by atoms with van der Waals surface area (Å²) in [6.07, 6.45) is 1.50. The molecule has 138 valence electrons. The van der Waals surface area contributed by atoms with Crippen molar-refractivity contribution in [3.05, 3.63) is 40.9 Å². The van der Waals surface area contributed by atoms with Gasteiger partial charge in [0.15, 0.2) is 5.13 Å². The predicted octanol–water partition coefficient (Wildman–Crippen LogP) is 2.48. The van der Waals surface area contributed by atoms with Gasteiger partial charge in [-0.15, -0.1) is 0 Å². The summed E-state index contributed by atoms with van der Waals surface area (Å²) in [6.45, 7) is 2.89. The number of anilines is 2. The molecule has 1 amide bonds. The fraction of sp³-hybridized carbons (Fsp3) is 0.294. The van der Waals surface area contributed by atoms with Gasteiger partial charge in [0, 0.05) is 25.2 Å². The first-order valence-corrected chi connectivity index (χ1v) is 8.68. The summed E-state index contributed by atoms with van der Waals surface area (Å²) in [6, 6.07) is 6.48. The van der Waals surface area contributed by atoms with E-state index in [1.54, 1.807) is 24.3 Å². The van der Waals surface area contributed by atoms with E-state index in [2.05, 4.69) is 15.0 Å². The zero-order valence-electron chi connectivity index (χ0n) is 14.4. The molecule has 0 aliphatic heterocycles. The Morgan fingerprint density at radius 3 is 2.73 bits per heavy atom. The lowest BCUT2D eigenvalue weighted by Crippen LogP contribution is -2.27. The van der Waals surface area contributed by atoms with Crippen LogP contribution in [0.3, 0.4) is 0 Å². The number of hydrogen-bond acceptors (Lipinski definition) is 7. The number of amides is 1. The van der Waals surface area contributed by atoms with Gasteiger partial charge in [-0.2, -0.15) is 0 Å². The lowest BCUT2D eigenvalue weighted by molar-refractivity contribution is -0.116. The van der Waals surface area contributed by atoms with Crippen molar-refractivity contribution in [3.63, 3.8) is 0 Å². The number of aromatic nitrogens is 1. The minimum atomic E-state index is -1.02. The number of carboxylic acids is 1. The first-order chi connectivity index (χ1) is 12.4. The van der Waals surface area contributed by atoms with Crippen LogP contribution in [-0.4, -0.2) is 48.1 Å². The molecule has 0 aliphatic rings. The lowest BCUT2D eigenvalue weighted by Gasteiger charge is -2.19. The Balaban J connectivity index is 1.94. The Labute approximate surface area is 154 Å². The maximum Gasteiger partial charge on any atom is 0.347 e. The molecule has 2 N–H and O–H groups in total. The molecule has 1 aromatic carbocycles. The van der Waals surface area contributed by atoms with E-state index in [-0.39, 0.29) is 17.2 Å². The van der Waals surface area contributed by atoms with Gasteiger partial charge in [0.25, 0.3) is 0 Å². The van der Waals surface area contributed by atoms with Crippen LogP contribution in [0.25, 0.3) is 0 Å². The quantitative estimate of drug-likeness (QED) is 0.680. The van der Waals surface area contributed by atoms with Crippen LogP contribution in [-0.2, 0) is 9.53 Å². The first kappa shape index (κ1) is 19.4. The third-order valence-electron chi connectivity index (χ3n) is 3.53. The average molecular weight is 377 g/mol. The molecule has 0 radical (unpaired) electrons. The SMILES string of the molecule is CCN(CCC(=O)Nc1cccc(C(=O)OC)c1)c1ncc(C(=O)O)s1. The van der Waals surface area contributed by atoms with Gasteiger partial charge in [0.2, 0.25) is 5.91 Å². The summed E-state index contributed by atoms with van der Waals surface area (Å²) in [5, 5.41) is 12.3. The van der Waals surface area contributed by atoms with Gasteiger partial charge < -0.3 is 20.1 Å². The van der Waals surface area contributed by atoms with Gasteiger partial charge in [-0.25, -0.2) is 14.6 Å². The first-order valence-electron chi connectivity index (χ1n) is 7.87. The number of ether oxygens (including phenoxy) is 1. The average Bonchev–Trinajstić information content (AvgIpc) is 3.12. The third-order valence-corrected chi connectivity index (χ3v) is 4.58. The van der Waals surface area contributed by atoms with E-state index in [4.69, 9.17) is 5.11 Å². The van der Waals surface area contributed by atoms with Gasteiger partial charge >= 0.3 is 11.9 Å². The van der Waals surface area contributed by atoms with Crippen LogP contribution >= 0.6 is 11.3 Å². The number of hydrogen-bond donors (Lipinski definition) is 2. The van der Waals surface area contributed by atoms with Gasteiger partial charge in [0.1, 0.15) is 4.88 Å². The van der Waals surface area contributed by atoms with E-state index < -0.39 is 11.9 Å². The van der Waals surface area contributed by atoms with E-state index >= 15 is 0 Å². The number of carbonyl (C=O) groups excluding carboxylic acids is 2. The monoisotopic (exact) mass is 377 g/mol. The predicted molar refractivity (Wildman–Crippen MR) is 98.0 cm³/mol. The second kappa shape index (κ2) is 8.95. The molecule has 0 unspecified atom stereocenters. The van der Waals surface area contributed by atoms with Crippen molar-refractivity contribution < 1.29 is 24.2 Å². The molecule has 0 saturated heterocycles. The summed E-state index contributed by atoms with van der Waals surface area (Å²) in [4.78, 5) is 40.7. The number of aromatic carboxylic acids is 1. The highest BCUT2D eigenvalue weighted by Crippen LogP contribution is 2.22. The molecule has 9 heteroatoms. The number of rotatable bonds is 8. The molecule has 0 aliphatic carbocycles. The van der Waals surface area contributed by atoms with Crippen molar-refractivity contribution in [1.29, 1.82) is 0 Å². The molecule has 2 aromatic rings. The summed E-state index contributed by atoms with van der Waals surface area (Å²) in [5.41, 5.74) is 0.854. The Kier molecular flexibility index (Phi) is 6.67. The van der Waals surface area contributed by atoms with Crippen molar-refractivity contribution in [3.8, 4) is 0 Å². The Bertz CT molecular complexity index is 805. The van der Waals surface area contributed by atoms with Crippen LogP contribution in [0, 0.1) is 0 Å². The van der Waals surface area contributed by atoms with E-state index in [1.165, 1.54) is 13.3 Å². The number of carbonyl (C=O) groups is 3. The van der Waals surface area contributed by atoms with Crippen molar-refractivity contribution in [2.75, 3.05) is 30.4 Å². The molecule has 0 saturated carbocycles. The Morgan fingerprint density at radius 2 is 2.12 bits per heavy atom. The summed E-state index contributed by atoms with van der Waals surface area (Å²) in [5.74, 6) is -1.72. The van der Waals surface area contributed by atoms with Gasteiger partial charge in [0.05, 0.1) is 18.9 Å². The standard InChI is InChI=1S/C17H19N3O5S/c1-3-20(17-18-10-13(26-17)15(22)23)8-7-14(21)19-12-6-4-5-11(9-12)16(24)25-2/h4-6,9-10H,3,7-8H2,1-2H3,(H,19,21)(H,22,23). The van der Waals surface area contributed by atoms with Crippen molar-refractivity contribution in [1.82, 2.24) is 4.98 Å². The minimum absolute atomic E-state index is 0.155. The minimum Gasteiger partial charge on any atom is -0.477 e. The van der Waals surface area contributed by atoms with Gasteiger partial charge in [-0.05, 0) is 25.1 Å². The molecule has 0 atom stereocenters. The number of nitrogens with one attached hydrogen (secondary N) is 1. The van der Waals surface area contributed by atoms with E-state index in [9.17, 15) is 14.4 Å². The van der Waals surface area contributed by atoms with Crippen LogP contribution in [0.1, 0.15) is 33.4 Å². The molecule has 0 fully saturated rings. The molecule has 2 rings (SSSR count). The number of nitrogens with zero attached hydrogens (tertiary/aromatic N) is 2. The normalized spacial score (nSPS) is 10.2. The van der Waals surface area contributed by atoms with Gasteiger partial charge in [-0.1, -0.05) is 17.4 Å². The maximum atomic E-state index is 12.2. The number of thiazole rings is 1. The summed E-state index contributed by atoms with van der Waals surface area (Å²) >= 11 is 1.07. The largest absolute Gasteiger partial charge is 0.477 e. The number of benzene rings is 1. The topological polar surface area (TPSA) is 109 Å². The molecular formula is C17H19N3O5S. The second-order valence-corrected chi connectivity index (χ2v) is 6.27. The summed E-state index contributed by atoms with van der Waals surface area (Å²) < 4.78 is 4.65.